The molecule has 0 unspecified atom stereocenters. The number of aryl methyl sites for hydroxylation is 1. The minimum Gasteiger partial charge on any atom is -0.408 e. The van der Waals surface area contributed by atoms with E-state index in [1.54, 1.807) is 6.07 Å². The van der Waals surface area contributed by atoms with E-state index in [4.69, 9.17) is 4.42 Å². The van der Waals surface area contributed by atoms with E-state index in [-0.39, 0.29) is 22.6 Å². The topological polar surface area (TPSA) is 84.5 Å². The minimum atomic E-state index is -3.68. The Morgan fingerprint density at radius 2 is 1.96 bits per heavy atom. The lowest BCUT2D eigenvalue weighted by Crippen LogP contribution is -2.48. The molecule has 0 aliphatic heterocycles. The van der Waals surface area contributed by atoms with Crippen LogP contribution in [0.4, 0.5) is 0 Å². The van der Waals surface area contributed by atoms with Crippen LogP contribution in [0.3, 0.4) is 0 Å². The average molecular weight is 341 g/mol. The van der Waals surface area contributed by atoms with Crippen LogP contribution in [-0.2, 0) is 16.6 Å². The van der Waals surface area contributed by atoms with E-state index >= 15 is 0 Å². The third-order valence-electron chi connectivity index (χ3n) is 4.17. The third-order valence-corrected chi connectivity index (χ3v) is 5.57. The number of likely N-dealkylation sites (N-methyl/N-ethyl adjacent to an activating group) is 1. The van der Waals surface area contributed by atoms with Gasteiger partial charge in [0.15, 0.2) is 5.58 Å². The highest BCUT2D eigenvalue weighted by atomic mass is 32.2. The van der Waals surface area contributed by atoms with Crippen molar-refractivity contribution in [1.29, 1.82) is 0 Å². The summed E-state index contributed by atoms with van der Waals surface area (Å²) in [5, 5.41) is 0. The van der Waals surface area contributed by atoms with Crippen molar-refractivity contribution in [2.45, 2.75) is 37.8 Å². The van der Waals surface area contributed by atoms with Gasteiger partial charge in [-0.1, -0.05) is 0 Å². The molecule has 1 heterocycles. The molecule has 2 rings (SSSR count). The van der Waals surface area contributed by atoms with Crippen LogP contribution in [0.25, 0.3) is 11.1 Å². The lowest BCUT2D eigenvalue weighted by atomic mass is 10.1. The van der Waals surface area contributed by atoms with Gasteiger partial charge in [-0.15, -0.1) is 0 Å². The second kappa shape index (κ2) is 6.10. The molecule has 0 atom stereocenters. The maximum atomic E-state index is 12.5. The number of nitrogens with one attached hydrogen (secondary N) is 1. The van der Waals surface area contributed by atoms with Gasteiger partial charge in [-0.05, 0) is 47.0 Å². The summed E-state index contributed by atoms with van der Waals surface area (Å²) < 4.78 is 34.1. The van der Waals surface area contributed by atoms with Crippen molar-refractivity contribution in [3.05, 3.63) is 28.7 Å². The second-order valence-corrected chi connectivity index (χ2v) is 8.04. The molecule has 1 aromatic carbocycles. The van der Waals surface area contributed by atoms with Gasteiger partial charge in [-0.3, -0.25) is 4.57 Å². The van der Waals surface area contributed by atoms with Crippen LogP contribution in [0.2, 0.25) is 0 Å². The maximum Gasteiger partial charge on any atom is 0.419 e. The quantitative estimate of drug-likeness (QED) is 0.854. The number of sulfonamides is 1. The van der Waals surface area contributed by atoms with Crippen molar-refractivity contribution in [2.75, 3.05) is 20.6 Å². The number of hydrogen-bond donors (Lipinski definition) is 1. The summed E-state index contributed by atoms with van der Waals surface area (Å²) in [4.78, 5) is 13.7. The molecule has 0 bridgehead atoms. The van der Waals surface area contributed by atoms with Crippen molar-refractivity contribution in [1.82, 2.24) is 14.2 Å². The lowest BCUT2D eigenvalue weighted by molar-refractivity contribution is 0.199. The summed E-state index contributed by atoms with van der Waals surface area (Å²) in [6.07, 6.45) is 0. The van der Waals surface area contributed by atoms with Crippen LogP contribution in [0.1, 0.15) is 20.8 Å². The van der Waals surface area contributed by atoms with Crippen LogP contribution in [-0.4, -0.2) is 44.1 Å². The third kappa shape index (κ3) is 3.49. The summed E-state index contributed by atoms with van der Waals surface area (Å²) in [5.41, 5.74) is 0.534. The number of oxazole rings is 1. The molecule has 128 valence electrons. The normalized spacial score (nSPS) is 13.1. The van der Waals surface area contributed by atoms with E-state index in [1.165, 1.54) is 16.7 Å². The van der Waals surface area contributed by atoms with Crippen molar-refractivity contribution in [3.8, 4) is 0 Å². The Kier molecular flexibility index (Phi) is 4.70. The van der Waals surface area contributed by atoms with Gasteiger partial charge in [0.25, 0.3) is 0 Å². The van der Waals surface area contributed by atoms with E-state index in [0.29, 0.717) is 12.1 Å². The van der Waals surface area contributed by atoms with Gasteiger partial charge in [0.05, 0.1) is 10.4 Å². The molecule has 0 aliphatic rings. The summed E-state index contributed by atoms with van der Waals surface area (Å²) in [5.74, 6) is -0.487. The van der Waals surface area contributed by atoms with Gasteiger partial charge in [-0.25, -0.2) is 17.9 Å². The molecular formula is C15H23N3O4S. The van der Waals surface area contributed by atoms with Crippen LogP contribution in [0.5, 0.6) is 0 Å². The Morgan fingerprint density at radius 3 is 2.52 bits per heavy atom. The number of nitrogens with zero attached hydrogens (tertiary/aromatic N) is 2. The molecule has 0 fully saturated rings. The summed E-state index contributed by atoms with van der Waals surface area (Å²) >= 11 is 0. The van der Waals surface area contributed by atoms with Crippen LogP contribution in [0.15, 0.2) is 32.3 Å². The SMILES string of the molecule is CCn1c(=O)oc2cc(S(=O)(=O)NCC(C)(C)N(C)C)ccc21. The predicted octanol–water partition coefficient (Wildman–Crippen LogP) is 1.23. The van der Waals surface area contributed by atoms with Gasteiger partial charge >= 0.3 is 5.76 Å². The van der Waals surface area contributed by atoms with Gasteiger partial charge in [-0.2, -0.15) is 0 Å². The van der Waals surface area contributed by atoms with Crippen LogP contribution in [0, 0.1) is 0 Å². The lowest BCUT2D eigenvalue weighted by Gasteiger charge is -2.32. The molecule has 8 heteroatoms. The Morgan fingerprint density at radius 1 is 1.30 bits per heavy atom. The highest BCUT2D eigenvalue weighted by Crippen LogP contribution is 2.19. The van der Waals surface area contributed by atoms with Gasteiger partial charge < -0.3 is 9.32 Å². The van der Waals surface area contributed by atoms with Gasteiger partial charge in [0.2, 0.25) is 10.0 Å². The molecule has 0 saturated heterocycles. The smallest absolute Gasteiger partial charge is 0.408 e. The molecule has 23 heavy (non-hydrogen) atoms. The first-order chi connectivity index (χ1) is 10.6. The second-order valence-electron chi connectivity index (χ2n) is 6.27. The zero-order valence-corrected chi connectivity index (χ0v) is 14.9. The van der Waals surface area contributed by atoms with Crippen molar-refractivity contribution in [3.63, 3.8) is 0 Å². The zero-order chi connectivity index (χ0) is 17.4. The van der Waals surface area contributed by atoms with E-state index in [0.717, 1.165) is 0 Å². The predicted molar refractivity (Wildman–Crippen MR) is 89.1 cm³/mol. The first-order valence-corrected chi connectivity index (χ1v) is 8.87. The molecule has 1 N–H and O–H groups in total. The minimum absolute atomic E-state index is 0.0801. The number of aromatic nitrogens is 1. The van der Waals surface area contributed by atoms with Crippen molar-refractivity contribution in [2.24, 2.45) is 0 Å². The van der Waals surface area contributed by atoms with E-state index in [1.807, 2.05) is 39.8 Å². The fourth-order valence-electron chi connectivity index (χ4n) is 2.03. The Bertz CT molecular complexity index is 862. The maximum absolute atomic E-state index is 12.5. The number of rotatable bonds is 6. The standard InChI is InChI=1S/C15H23N3O4S/c1-6-18-12-8-7-11(9-13(12)22-14(18)19)23(20,21)16-10-15(2,3)17(4)5/h7-9,16H,6,10H2,1-5H3. The monoisotopic (exact) mass is 341 g/mol. The highest BCUT2D eigenvalue weighted by molar-refractivity contribution is 7.89. The number of hydrogen-bond acceptors (Lipinski definition) is 5. The molecule has 0 amide bonds. The molecule has 0 radical (unpaired) electrons. The largest absolute Gasteiger partial charge is 0.419 e. The van der Waals surface area contributed by atoms with E-state index in [9.17, 15) is 13.2 Å². The number of fused-ring (bicyclic) bond motifs is 1. The van der Waals surface area contributed by atoms with E-state index in [2.05, 4.69) is 4.72 Å². The van der Waals surface area contributed by atoms with Crippen molar-refractivity contribution >= 4 is 21.1 Å². The fraction of sp³-hybridized carbons (Fsp3) is 0.533. The zero-order valence-electron chi connectivity index (χ0n) is 14.1. The van der Waals surface area contributed by atoms with E-state index < -0.39 is 15.8 Å². The van der Waals surface area contributed by atoms with Gasteiger partial charge in [0.1, 0.15) is 0 Å². The molecule has 0 aliphatic carbocycles. The summed E-state index contributed by atoms with van der Waals surface area (Å²) in [7, 11) is 0.106. The first-order valence-electron chi connectivity index (χ1n) is 7.39. The van der Waals surface area contributed by atoms with Gasteiger partial charge in [0, 0.05) is 24.7 Å². The molecule has 1 aromatic heterocycles. The van der Waals surface area contributed by atoms with Crippen LogP contribution < -0.4 is 10.5 Å². The Balaban J connectivity index is 2.34. The fourth-order valence-corrected chi connectivity index (χ4v) is 3.25. The molecular weight excluding hydrogens is 318 g/mol. The van der Waals surface area contributed by atoms with Crippen molar-refractivity contribution < 1.29 is 12.8 Å². The average Bonchev–Trinajstić information content (AvgIpc) is 2.79. The molecule has 0 saturated carbocycles. The first kappa shape index (κ1) is 17.7. The Hall–Kier alpha value is -1.64. The van der Waals surface area contributed by atoms with Crippen LogP contribution >= 0.6 is 0 Å². The summed E-state index contributed by atoms with van der Waals surface area (Å²) in [6, 6.07) is 4.46. The highest BCUT2D eigenvalue weighted by Gasteiger charge is 2.24. The molecule has 0 spiro atoms. The summed E-state index contributed by atoms with van der Waals surface area (Å²) in [6.45, 7) is 6.44. The Labute approximate surface area is 135 Å². The molecule has 2 aromatic rings. The molecule has 7 nitrogen and oxygen atoms in total. The number of benzene rings is 1.